The zero-order chi connectivity index (χ0) is 13.2. The molecule has 0 radical (unpaired) electrons. The van der Waals surface area contributed by atoms with Crippen molar-refractivity contribution < 1.29 is 15.0 Å². The Bertz CT molecular complexity index is 444. The van der Waals surface area contributed by atoms with E-state index < -0.39 is 11.6 Å². The normalized spacial score (nSPS) is 17.7. The lowest BCUT2D eigenvalue weighted by molar-refractivity contribution is 0.0558. The quantitative estimate of drug-likeness (QED) is 0.827. The van der Waals surface area contributed by atoms with Crippen LogP contribution in [0, 0.1) is 0 Å². The zero-order valence-corrected chi connectivity index (χ0v) is 10.3. The smallest absolute Gasteiger partial charge is 0.356 e. The molecule has 0 bridgehead atoms. The standard InChI is InChI=1S/C12H17N3O3/c1-15(8-12(18)4-2-3-5-12)10-7-13-6-9(14-10)11(16)17/h6-7,18H,2-5,8H2,1H3,(H,16,17). The van der Waals surface area contributed by atoms with Crippen LogP contribution in [0.15, 0.2) is 12.4 Å². The van der Waals surface area contributed by atoms with Crippen LogP contribution in [0.25, 0.3) is 0 Å². The van der Waals surface area contributed by atoms with E-state index in [1.54, 1.807) is 11.9 Å². The molecule has 2 N–H and O–H groups in total. The van der Waals surface area contributed by atoms with Crippen molar-refractivity contribution in [1.29, 1.82) is 0 Å². The van der Waals surface area contributed by atoms with Crippen LogP contribution < -0.4 is 4.90 Å². The lowest BCUT2D eigenvalue weighted by atomic mass is 10.0. The van der Waals surface area contributed by atoms with Crippen molar-refractivity contribution in [2.75, 3.05) is 18.5 Å². The van der Waals surface area contributed by atoms with Gasteiger partial charge in [0, 0.05) is 13.6 Å². The Labute approximate surface area is 105 Å². The van der Waals surface area contributed by atoms with Crippen molar-refractivity contribution >= 4 is 11.8 Å². The molecule has 0 aromatic carbocycles. The fraction of sp³-hybridized carbons (Fsp3) is 0.583. The van der Waals surface area contributed by atoms with Gasteiger partial charge in [0.2, 0.25) is 0 Å². The highest BCUT2D eigenvalue weighted by Crippen LogP contribution is 2.30. The van der Waals surface area contributed by atoms with E-state index in [0.717, 1.165) is 25.7 Å². The fourth-order valence-electron chi connectivity index (χ4n) is 2.36. The first-order valence-electron chi connectivity index (χ1n) is 5.99. The number of anilines is 1. The third-order valence-electron chi connectivity index (χ3n) is 3.30. The monoisotopic (exact) mass is 251 g/mol. The predicted molar refractivity (Wildman–Crippen MR) is 65.7 cm³/mol. The molecule has 1 heterocycles. The van der Waals surface area contributed by atoms with E-state index >= 15 is 0 Å². The van der Waals surface area contributed by atoms with E-state index in [4.69, 9.17) is 5.11 Å². The molecular weight excluding hydrogens is 234 g/mol. The van der Waals surface area contributed by atoms with Crippen molar-refractivity contribution in [2.24, 2.45) is 0 Å². The molecule has 1 fully saturated rings. The molecule has 0 atom stereocenters. The zero-order valence-electron chi connectivity index (χ0n) is 10.3. The molecule has 0 amide bonds. The van der Waals surface area contributed by atoms with Gasteiger partial charge in [-0.15, -0.1) is 0 Å². The minimum Gasteiger partial charge on any atom is -0.476 e. The van der Waals surface area contributed by atoms with Crippen molar-refractivity contribution in [3.05, 3.63) is 18.1 Å². The van der Waals surface area contributed by atoms with Crippen LogP contribution >= 0.6 is 0 Å². The number of hydrogen-bond donors (Lipinski definition) is 2. The van der Waals surface area contributed by atoms with Crippen molar-refractivity contribution in [3.8, 4) is 0 Å². The van der Waals surface area contributed by atoms with Crippen molar-refractivity contribution in [3.63, 3.8) is 0 Å². The lowest BCUT2D eigenvalue weighted by Crippen LogP contribution is -2.39. The van der Waals surface area contributed by atoms with Gasteiger partial charge in [0.25, 0.3) is 0 Å². The summed E-state index contributed by atoms with van der Waals surface area (Å²) in [6.07, 6.45) is 6.35. The van der Waals surface area contributed by atoms with Crippen LogP contribution in [0.4, 0.5) is 5.82 Å². The summed E-state index contributed by atoms with van der Waals surface area (Å²) in [4.78, 5) is 20.4. The highest BCUT2D eigenvalue weighted by Gasteiger charge is 2.32. The Morgan fingerprint density at radius 1 is 1.44 bits per heavy atom. The average Bonchev–Trinajstić information content (AvgIpc) is 2.76. The Balaban J connectivity index is 2.10. The summed E-state index contributed by atoms with van der Waals surface area (Å²) in [5.74, 6) is -0.632. The maximum atomic E-state index is 10.8. The number of nitrogens with zero attached hydrogens (tertiary/aromatic N) is 3. The largest absolute Gasteiger partial charge is 0.476 e. The molecule has 1 aromatic heterocycles. The molecule has 0 unspecified atom stereocenters. The third-order valence-corrected chi connectivity index (χ3v) is 3.30. The number of likely N-dealkylation sites (N-methyl/N-ethyl adjacent to an activating group) is 1. The molecule has 0 spiro atoms. The van der Waals surface area contributed by atoms with E-state index in [1.165, 1.54) is 12.4 Å². The summed E-state index contributed by atoms with van der Waals surface area (Å²) in [6, 6.07) is 0. The maximum Gasteiger partial charge on any atom is 0.356 e. The molecule has 2 rings (SSSR count). The number of hydrogen-bond acceptors (Lipinski definition) is 5. The van der Waals surface area contributed by atoms with Gasteiger partial charge in [0.05, 0.1) is 18.0 Å². The second-order valence-corrected chi connectivity index (χ2v) is 4.86. The van der Waals surface area contributed by atoms with Gasteiger partial charge in [0.1, 0.15) is 5.82 Å². The van der Waals surface area contributed by atoms with Crippen LogP contribution in [-0.2, 0) is 0 Å². The Morgan fingerprint density at radius 2 is 2.11 bits per heavy atom. The number of aliphatic hydroxyl groups is 1. The van der Waals surface area contributed by atoms with Crippen LogP contribution in [0.2, 0.25) is 0 Å². The molecule has 1 aliphatic rings. The van der Waals surface area contributed by atoms with E-state index in [0.29, 0.717) is 12.4 Å². The van der Waals surface area contributed by atoms with E-state index in [2.05, 4.69) is 9.97 Å². The molecule has 1 saturated carbocycles. The summed E-state index contributed by atoms with van der Waals surface area (Å²) in [5.41, 5.74) is -0.770. The van der Waals surface area contributed by atoms with Crippen LogP contribution in [0.1, 0.15) is 36.2 Å². The molecule has 6 heteroatoms. The molecule has 6 nitrogen and oxygen atoms in total. The van der Waals surface area contributed by atoms with Gasteiger partial charge in [-0.3, -0.25) is 4.98 Å². The summed E-state index contributed by atoms with van der Waals surface area (Å²) in [7, 11) is 1.78. The Kier molecular flexibility index (Phi) is 3.47. The Morgan fingerprint density at radius 3 is 2.72 bits per heavy atom. The molecular formula is C12H17N3O3. The number of aromatic nitrogens is 2. The SMILES string of the molecule is CN(CC1(O)CCCC1)c1cncc(C(=O)O)n1. The van der Waals surface area contributed by atoms with Crippen LogP contribution in [0.5, 0.6) is 0 Å². The summed E-state index contributed by atoms with van der Waals surface area (Å²) < 4.78 is 0. The number of carbonyl (C=O) groups is 1. The second kappa shape index (κ2) is 4.89. The number of carboxylic acids is 1. The van der Waals surface area contributed by atoms with Crippen LogP contribution in [-0.4, -0.2) is 45.3 Å². The fourth-order valence-corrected chi connectivity index (χ4v) is 2.36. The van der Waals surface area contributed by atoms with Gasteiger partial charge in [-0.25, -0.2) is 9.78 Å². The topological polar surface area (TPSA) is 86.5 Å². The summed E-state index contributed by atoms with van der Waals surface area (Å²) in [6.45, 7) is 0.449. The average molecular weight is 251 g/mol. The second-order valence-electron chi connectivity index (χ2n) is 4.86. The van der Waals surface area contributed by atoms with Crippen molar-refractivity contribution in [1.82, 2.24) is 9.97 Å². The molecule has 18 heavy (non-hydrogen) atoms. The minimum absolute atomic E-state index is 0.0854. The van der Waals surface area contributed by atoms with Gasteiger partial charge in [-0.2, -0.15) is 0 Å². The molecule has 1 aliphatic carbocycles. The first-order chi connectivity index (χ1) is 8.50. The van der Waals surface area contributed by atoms with E-state index in [9.17, 15) is 9.90 Å². The molecule has 0 aliphatic heterocycles. The van der Waals surface area contributed by atoms with E-state index in [-0.39, 0.29) is 5.69 Å². The first-order valence-corrected chi connectivity index (χ1v) is 5.99. The third kappa shape index (κ3) is 2.76. The molecule has 1 aromatic rings. The number of rotatable bonds is 4. The van der Waals surface area contributed by atoms with Gasteiger partial charge in [-0.1, -0.05) is 12.8 Å². The van der Waals surface area contributed by atoms with Crippen molar-refractivity contribution in [2.45, 2.75) is 31.3 Å². The number of aromatic carboxylic acids is 1. The highest BCUT2D eigenvalue weighted by atomic mass is 16.4. The Hall–Kier alpha value is -1.69. The number of carboxylic acid groups (broad SMARTS) is 1. The van der Waals surface area contributed by atoms with Crippen LogP contribution in [0.3, 0.4) is 0 Å². The maximum absolute atomic E-state index is 10.8. The van der Waals surface area contributed by atoms with Gasteiger partial charge in [0.15, 0.2) is 5.69 Å². The van der Waals surface area contributed by atoms with Gasteiger partial charge < -0.3 is 15.1 Å². The predicted octanol–water partition coefficient (Wildman–Crippen LogP) is 0.916. The molecule has 0 saturated heterocycles. The molecule has 98 valence electrons. The minimum atomic E-state index is -1.10. The lowest BCUT2D eigenvalue weighted by Gasteiger charge is -2.29. The highest BCUT2D eigenvalue weighted by molar-refractivity contribution is 5.85. The van der Waals surface area contributed by atoms with E-state index in [1.807, 2.05) is 0 Å². The summed E-state index contributed by atoms with van der Waals surface area (Å²) in [5, 5.41) is 19.2. The summed E-state index contributed by atoms with van der Waals surface area (Å²) >= 11 is 0. The van der Waals surface area contributed by atoms with Gasteiger partial charge in [-0.05, 0) is 12.8 Å². The first kappa shape index (κ1) is 12.8. The van der Waals surface area contributed by atoms with Gasteiger partial charge >= 0.3 is 5.97 Å².